The van der Waals surface area contributed by atoms with Gasteiger partial charge >= 0.3 is 0 Å². The number of hydrogen-bond acceptors (Lipinski definition) is 4. The molecule has 0 saturated carbocycles. The molecule has 5 nitrogen and oxygen atoms in total. The summed E-state index contributed by atoms with van der Waals surface area (Å²) in [6, 6.07) is 14.7. The Morgan fingerprint density at radius 2 is 1.88 bits per heavy atom. The molecule has 0 N–H and O–H groups in total. The summed E-state index contributed by atoms with van der Waals surface area (Å²) in [5, 5.41) is 0.783. The molecule has 1 saturated heterocycles. The molecular formula is C18H14ClFN2O3S. The van der Waals surface area contributed by atoms with E-state index in [0.29, 0.717) is 5.88 Å². The molecule has 1 aromatic heterocycles. The summed E-state index contributed by atoms with van der Waals surface area (Å²) < 4.78 is 45.3. The van der Waals surface area contributed by atoms with E-state index in [1.165, 1.54) is 10.4 Å². The van der Waals surface area contributed by atoms with Crippen LogP contribution in [0.3, 0.4) is 0 Å². The molecule has 1 aliphatic heterocycles. The van der Waals surface area contributed by atoms with Crippen LogP contribution in [0, 0.1) is 5.82 Å². The number of benzene rings is 2. The van der Waals surface area contributed by atoms with Gasteiger partial charge in [-0.15, -0.1) is 0 Å². The van der Waals surface area contributed by atoms with Crippen LogP contribution in [0.25, 0.3) is 10.9 Å². The fraction of sp³-hybridized carbons (Fsp3) is 0.167. The van der Waals surface area contributed by atoms with Crippen molar-refractivity contribution in [2.45, 2.75) is 11.0 Å². The third-order valence-electron chi connectivity index (χ3n) is 4.20. The first-order valence-corrected chi connectivity index (χ1v) is 9.73. The average Bonchev–Trinajstić information content (AvgIpc) is 2.59. The minimum Gasteiger partial charge on any atom is -0.472 e. The van der Waals surface area contributed by atoms with Gasteiger partial charge in [0.15, 0.2) is 0 Å². The van der Waals surface area contributed by atoms with Gasteiger partial charge in [-0.1, -0.05) is 29.8 Å². The number of pyridine rings is 1. The highest BCUT2D eigenvalue weighted by molar-refractivity contribution is 7.89. The summed E-state index contributed by atoms with van der Waals surface area (Å²) in [7, 11) is -3.72. The highest BCUT2D eigenvalue weighted by Crippen LogP contribution is 2.27. The highest BCUT2D eigenvalue weighted by atomic mass is 35.5. The first-order chi connectivity index (χ1) is 12.4. The lowest BCUT2D eigenvalue weighted by atomic mass is 10.2. The molecule has 0 amide bonds. The van der Waals surface area contributed by atoms with Gasteiger partial charge in [0.25, 0.3) is 0 Å². The van der Waals surface area contributed by atoms with E-state index in [0.717, 1.165) is 23.0 Å². The van der Waals surface area contributed by atoms with Gasteiger partial charge < -0.3 is 4.74 Å². The Balaban J connectivity index is 1.44. The molecule has 4 rings (SSSR count). The Labute approximate surface area is 155 Å². The first kappa shape index (κ1) is 17.2. The number of aromatic nitrogens is 1. The smallest absolute Gasteiger partial charge is 0.243 e. The zero-order valence-corrected chi connectivity index (χ0v) is 15.0. The Morgan fingerprint density at radius 1 is 1.12 bits per heavy atom. The van der Waals surface area contributed by atoms with Gasteiger partial charge in [0, 0.05) is 11.5 Å². The van der Waals surface area contributed by atoms with Crippen LogP contribution < -0.4 is 4.74 Å². The van der Waals surface area contributed by atoms with Crippen molar-refractivity contribution in [1.29, 1.82) is 0 Å². The number of para-hydroxylation sites is 1. The molecule has 2 aromatic carbocycles. The monoisotopic (exact) mass is 392 g/mol. The normalized spacial score (nSPS) is 15.8. The third kappa shape index (κ3) is 3.13. The van der Waals surface area contributed by atoms with Crippen molar-refractivity contribution < 1.29 is 17.5 Å². The molecule has 0 radical (unpaired) electrons. The van der Waals surface area contributed by atoms with Crippen LogP contribution in [-0.4, -0.2) is 36.9 Å². The fourth-order valence-electron chi connectivity index (χ4n) is 2.74. The van der Waals surface area contributed by atoms with Crippen LogP contribution >= 0.6 is 11.6 Å². The van der Waals surface area contributed by atoms with E-state index in [2.05, 4.69) is 4.98 Å². The predicted octanol–water partition coefficient (Wildman–Crippen LogP) is 3.48. The van der Waals surface area contributed by atoms with Gasteiger partial charge in [-0.3, -0.25) is 0 Å². The zero-order chi connectivity index (χ0) is 18.3. The van der Waals surface area contributed by atoms with E-state index in [1.54, 1.807) is 6.07 Å². The topological polar surface area (TPSA) is 59.5 Å². The summed E-state index contributed by atoms with van der Waals surface area (Å²) in [5.41, 5.74) is 0.815. The van der Waals surface area contributed by atoms with E-state index in [9.17, 15) is 12.8 Å². The molecule has 8 heteroatoms. The van der Waals surface area contributed by atoms with E-state index >= 15 is 0 Å². The third-order valence-corrected chi connectivity index (χ3v) is 6.32. The van der Waals surface area contributed by atoms with Crippen LogP contribution in [-0.2, 0) is 10.0 Å². The first-order valence-electron chi connectivity index (χ1n) is 7.91. The van der Waals surface area contributed by atoms with Crippen LogP contribution in [0.5, 0.6) is 5.88 Å². The summed E-state index contributed by atoms with van der Waals surface area (Å²) in [5.74, 6) is -0.201. The van der Waals surface area contributed by atoms with Crippen molar-refractivity contribution in [1.82, 2.24) is 9.29 Å². The molecule has 1 fully saturated rings. The molecule has 0 spiro atoms. The van der Waals surface area contributed by atoms with Crippen molar-refractivity contribution in [3.05, 3.63) is 65.4 Å². The number of sulfonamides is 1. The summed E-state index contributed by atoms with van der Waals surface area (Å²) in [6.07, 6.45) is -0.283. The number of fused-ring (bicyclic) bond motifs is 1. The SMILES string of the molecule is O=S(=O)(c1ccc(F)c(Cl)c1)N1CC(Oc2ccc3ccccc3n2)C1. The van der Waals surface area contributed by atoms with E-state index in [-0.39, 0.29) is 29.1 Å². The van der Waals surface area contributed by atoms with Crippen molar-refractivity contribution in [3.8, 4) is 5.88 Å². The highest BCUT2D eigenvalue weighted by Gasteiger charge is 2.38. The molecular weight excluding hydrogens is 379 g/mol. The Bertz CT molecular complexity index is 1080. The average molecular weight is 393 g/mol. The minimum atomic E-state index is -3.72. The standard InChI is InChI=1S/C18H14ClFN2O3S/c19-15-9-14(6-7-16(15)20)26(23,24)22-10-13(11-22)25-18-8-5-12-3-1-2-4-17(12)21-18/h1-9,13H,10-11H2. The van der Waals surface area contributed by atoms with Crippen molar-refractivity contribution in [2.75, 3.05) is 13.1 Å². The number of nitrogens with zero attached hydrogens (tertiary/aromatic N) is 2. The summed E-state index contributed by atoms with van der Waals surface area (Å²) in [4.78, 5) is 4.38. The van der Waals surface area contributed by atoms with Gasteiger partial charge in [0.1, 0.15) is 11.9 Å². The van der Waals surface area contributed by atoms with Crippen LogP contribution in [0.1, 0.15) is 0 Å². The number of halogens is 2. The molecule has 1 aliphatic rings. The Kier molecular flexibility index (Phi) is 4.30. The predicted molar refractivity (Wildman–Crippen MR) is 96.3 cm³/mol. The molecule has 0 unspecified atom stereocenters. The van der Waals surface area contributed by atoms with Gasteiger partial charge in [-0.2, -0.15) is 4.31 Å². The van der Waals surface area contributed by atoms with Gasteiger partial charge in [-0.25, -0.2) is 17.8 Å². The summed E-state index contributed by atoms with van der Waals surface area (Å²) >= 11 is 5.68. The van der Waals surface area contributed by atoms with Crippen molar-refractivity contribution in [3.63, 3.8) is 0 Å². The number of ether oxygens (including phenoxy) is 1. The molecule has 0 atom stereocenters. The number of hydrogen-bond donors (Lipinski definition) is 0. The number of rotatable bonds is 4. The quantitative estimate of drug-likeness (QED) is 0.682. The van der Waals surface area contributed by atoms with Crippen LogP contribution in [0.15, 0.2) is 59.5 Å². The van der Waals surface area contributed by atoms with E-state index < -0.39 is 15.8 Å². The lowest BCUT2D eigenvalue weighted by Gasteiger charge is -2.37. The van der Waals surface area contributed by atoms with Crippen LogP contribution in [0.4, 0.5) is 4.39 Å². The molecule has 26 heavy (non-hydrogen) atoms. The molecule has 3 aromatic rings. The zero-order valence-electron chi connectivity index (χ0n) is 13.5. The lowest BCUT2D eigenvalue weighted by molar-refractivity contribution is 0.0724. The molecule has 0 bridgehead atoms. The molecule has 2 heterocycles. The van der Waals surface area contributed by atoms with Gasteiger partial charge in [-0.05, 0) is 30.3 Å². The summed E-state index contributed by atoms with van der Waals surface area (Å²) in [6.45, 7) is 0.400. The fourth-order valence-corrected chi connectivity index (χ4v) is 4.52. The second-order valence-corrected chi connectivity index (χ2v) is 8.33. The maximum Gasteiger partial charge on any atom is 0.243 e. The second kappa shape index (κ2) is 6.50. The Morgan fingerprint density at radius 3 is 2.65 bits per heavy atom. The molecule has 134 valence electrons. The van der Waals surface area contributed by atoms with Gasteiger partial charge in [0.2, 0.25) is 15.9 Å². The van der Waals surface area contributed by atoms with Crippen molar-refractivity contribution in [2.24, 2.45) is 0 Å². The largest absolute Gasteiger partial charge is 0.472 e. The van der Waals surface area contributed by atoms with Crippen molar-refractivity contribution >= 4 is 32.5 Å². The minimum absolute atomic E-state index is 0.0359. The second-order valence-electron chi connectivity index (χ2n) is 5.98. The van der Waals surface area contributed by atoms with E-state index in [1.807, 2.05) is 30.3 Å². The van der Waals surface area contributed by atoms with Crippen LogP contribution in [0.2, 0.25) is 5.02 Å². The van der Waals surface area contributed by atoms with Gasteiger partial charge in [0.05, 0.1) is 28.5 Å². The Hall–Kier alpha value is -2.22. The lowest BCUT2D eigenvalue weighted by Crippen LogP contribution is -2.56. The maximum absolute atomic E-state index is 13.2. The maximum atomic E-state index is 13.2. The van der Waals surface area contributed by atoms with E-state index in [4.69, 9.17) is 16.3 Å². The molecule has 0 aliphatic carbocycles.